The average molecular weight is 363 g/mol. The van der Waals surface area contributed by atoms with Crippen molar-refractivity contribution in [3.05, 3.63) is 35.9 Å². The molecular weight excluding hydrogens is 342 g/mol. The summed E-state index contributed by atoms with van der Waals surface area (Å²) >= 11 is 0.939. The van der Waals surface area contributed by atoms with E-state index in [0.29, 0.717) is 32.8 Å². The van der Waals surface area contributed by atoms with Gasteiger partial charge in [-0.15, -0.1) is 0 Å². The molecule has 3 rings (SSSR count). The highest BCUT2D eigenvalue weighted by molar-refractivity contribution is 8.15. The summed E-state index contributed by atoms with van der Waals surface area (Å²) < 4.78 is 5.27. The zero-order valence-corrected chi connectivity index (χ0v) is 14.7. The van der Waals surface area contributed by atoms with E-state index in [4.69, 9.17) is 4.74 Å². The van der Waals surface area contributed by atoms with Crippen LogP contribution in [0.5, 0.6) is 0 Å². The van der Waals surface area contributed by atoms with Gasteiger partial charge in [0.25, 0.3) is 5.24 Å². The number of nitrogens with one attached hydrogen (secondary N) is 1. The number of imide groups is 1. The number of carbonyl (C=O) groups excluding carboxylic acids is 3. The molecule has 134 valence electrons. The van der Waals surface area contributed by atoms with Gasteiger partial charge in [0.2, 0.25) is 11.8 Å². The minimum absolute atomic E-state index is 0.0156. The van der Waals surface area contributed by atoms with E-state index in [1.165, 1.54) is 4.90 Å². The Hall–Kier alpha value is -1.90. The summed E-state index contributed by atoms with van der Waals surface area (Å²) in [7, 11) is 0. The molecule has 0 spiro atoms. The second-order valence-electron chi connectivity index (χ2n) is 5.98. The molecule has 2 aliphatic rings. The number of benzene rings is 1. The molecule has 1 atom stereocenters. The van der Waals surface area contributed by atoms with Crippen LogP contribution in [0, 0.1) is 0 Å². The molecule has 2 saturated heterocycles. The molecule has 0 bridgehead atoms. The van der Waals surface area contributed by atoms with Crippen molar-refractivity contribution in [3.63, 3.8) is 0 Å². The van der Waals surface area contributed by atoms with Crippen molar-refractivity contribution in [3.8, 4) is 0 Å². The highest BCUT2D eigenvalue weighted by atomic mass is 32.2. The van der Waals surface area contributed by atoms with Gasteiger partial charge in [-0.3, -0.25) is 24.2 Å². The van der Waals surface area contributed by atoms with Gasteiger partial charge in [0.1, 0.15) is 5.25 Å². The van der Waals surface area contributed by atoms with Crippen molar-refractivity contribution in [2.75, 3.05) is 33.0 Å². The molecule has 3 amide bonds. The van der Waals surface area contributed by atoms with Crippen molar-refractivity contribution in [1.82, 2.24) is 15.1 Å². The predicted molar refractivity (Wildman–Crippen MR) is 93.8 cm³/mol. The Morgan fingerprint density at radius 2 is 1.92 bits per heavy atom. The Balaban J connectivity index is 1.48. The van der Waals surface area contributed by atoms with Crippen LogP contribution in [0.4, 0.5) is 4.79 Å². The molecule has 1 unspecified atom stereocenters. The average Bonchev–Trinajstić information content (AvgIpc) is 2.89. The Morgan fingerprint density at radius 3 is 2.64 bits per heavy atom. The van der Waals surface area contributed by atoms with Gasteiger partial charge < -0.3 is 10.1 Å². The van der Waals surface area contributed by atoms with Gasteiger partial charge in [0.05, 0.1) is 19.9 Å². The van der Waals surface area contributed by atoms with Crippen LogP contribution >= 0.6 is 11.8 Å². The van der Waals surface area contributed by atoms with Crippen LogP contribution in [-0.4, -0.2) is 65.1 Å². The highest BCUT2D eigenvalue weighted by Crippen LogP contribution is 2.29. The molecule has 2 aliphatic heterocycles. The maximum absolute atomic E-state index is 12.4. The minimum atomic E-state index is -0.635. The molecule has 0 aliphatic carbocycles. The summed E-state index contributed by atoms with van der Waals surface area (Å²) in [6.07, 6.45) is 0.0156. The SMILES string of the molecule is O=C(CC1SC(=O)N(CN2CCOCC2)C1=O)NCc1ccccc1. The molecule has 1 N–H and O–H groups in total. The zero-order valence-electron chi connectivity index (χ0n) is 13.8. The van der Waals surface area contributed by atoms with Crippen LogP contribution < -0.4 is 5.32 Å². The third-order valence-electron chi connectivity index (χ3n) is 4.15. The third-order valence-corrected chi connectivity index (χ3v) is 5.23. The Kier molecular flexibility index (Phi) is 6.06. The first-order valence-electron chi connectivity index (χ1n) is 8.26. The summed E-state index contributed by atoms with van der Waals surface area (Å²) in [6, 6.07) is 9.56. The summed E-state index contributed by atoms with van der Waals surface area (Å²) in [5.41, 5.74) is 0.992. The summed E-state index contributed by atoms with van der Waals surface area (Å²) in [5, 5.41) is 1.88. The molecule has 2 fully saturated rings. The molecule has 7 nitrogen and oxygen atoms in total. The van der Waals surface area contributed by atoms with E-state index >= 15 is 0 Å². The first-order valence-corrected chi connectivity index (χ1v) is 9.14. The van der Waals surface area contributed by atoms with Crippen LogP contribution in [0.2, 0.25) is 0 Å². The molecule has 0 radical (unpaired) electrons. The lowest BCUT2D eigenvalue weighted by Gasteiger charge is -2.29. The minimum Gasteiger partial charge on any atom is -0.379 e. The second kappa shape index (κ2) is 8.46. The number of carbonyl (C=O) groups is 3. The van der Waals surface area contributed by atoms with Crippen molar-refractivity contribution >= 4 is 28.8 Å². The van der Waals surface area contributed by atoms with E-state index in [-0.39, 0.29) is 30.1 Å². The highest BCUT2D eigenvalue weighted by Gasteiger charge is 2.41. The molecule has 1 aromatic carbocycles. The smallest absolute Gasteiger partial charge is 0.290 e. The largest absolute Gasteiger partial charge is 0.379 e. The van der Waals surface area contributed by atoms with Crippen LogP contribution in [0.1, 0.15) is 12.0 Å². The molecule has 1 aromatic rings. The van der Waals surface area contributed by atoms with Crippen LogP contribution in [0.3, 0.4) is 0 Å². The monoisotopic (exact) mass is 363 g/mol. The topological polar surface area (TPSA) is 79.0 Å². The van der Waals surface area contributed by atoms with Gasteiger partial charge in [-0.05, 0) is 5.56 Å². The fourth-order valence-corrected chi connectivity index (χ4v) is 3.72. The fraction of sp³-hybridized carbons (Fsp3) is 0.471. The van der Waals surface area contributed by atoms with E-state index in [0.717, 1.165) is 17.3 Å². The molecule has 0 saturated carbocycles. The number of hydrogen-bond donors (Lipinski definition) is 1. The van der Waals surface area contributed by atoms with Gasteiger partial charge in [0, 0.05) is 26.1 Å². The summed E-state index contributed by atoms with van der Waals surface area (Å²) in [5.74, 6) is -0.507. The number of rotatable bonds is 6. The van der Waals surface area contributed by atoms with Crippen molar-refractivity contribution in [2.45, 2.75) is 18.2 Å². The first kappa shape index (κ1) is 17.9. The standard InChI is InChI=1S/C17H21N3O4S/c21-15(18-11-13-4-2-1-3-5-13)10-14-16(22)20(17(23)25-14)12-19-6-8-24-9-7-19/h1-5,14H,6-12H2,(H,18,21). The van der Waals surface area contributed by atoms with E-state index < -0.39 is 5.25 Å². The van der Waals surface area contributed by atoms with Crippen molar-refractivity contribution in [1.29, 1.82) is 0 Å². The Bertz CT molecular complexity index is 634. The number of amides is 3. The quantitative estimate of drug-likeness (QED) is 0.814. The van der Waals surface area contributed by atoms with Crippen molar-refractivity contribution < 1.29 is 19.1 Å². The molecular formula is C17H21N3O4S. The Morgan fingerprint density at radius 1 is 1.20 bits per heavy atom. The summed E-state index contributed by atoms with van der Waals surface area (Å²) in [6.45, 7) is 3.30. The number of thioether (sulfide) groups is 1. The summed E-state index contributed by atoms with van der Waals surface area (Å²) in [4.78, 5) is 39.9. The van der Waals surface area contributed by atoms with E-state index in [1.54, 1.807) is 0 Å². The number of hydrogen-bond acceptors (Lipinski definition) is 6. The molecule has 0 aromatic heterocycles. The molecule has 8 heteroatoms. The third kappa shape index (κ3) is 4.81. The number of ether oxygens (including phenoxy) is 1. The lowest BCUT2D eigenvalue weighted by Crippen LogP contribution is -2.46. The van der Waals surface area contributed by atoms with Gasteiger partial charge in [-0.2, -0.15) is 0 Å². The lowest BCUT2D eigenvalue weighted by molar-refractivity contribution is -0.131. The normalized spacial score (nSPS) is 21.6. The second-order valence-corrected chi connectivity index (χ2v) is 7.13. The lowest BCUT2D eigenvalue weighted by atomic mass is 10.2. The fourth-order valence-electron chi connectivity index (χ4n) is 2.74. The predicted octanol–water partition coefficient (Wildman–Crippen LogP) is 1.05. The van der Waals surface area contributed by atoms with E-state index in [2.05, 4.69) is 5.32 Å². The Labute approximate surface area is 150 Å². The van der Waals surface area contributed by atoms with Gasteiger partial charge in [-0.25, -0.2) is 0 Å². The maximum atomic E-state index is 12.4. The molecule has 2 heterocycles. The maximum Gasteiger partial charge on any atom is 0.290 e. The number of morpholine rings is 1. The first-order chi connectivity index (χ1) is 12.1. The van der Waals surface area contributed by atoms with Crippen LogP contribution in [-0.2, 0) is 20.9 Å². The zero-order chi connectivity index (χ0) is 17.6. The van der Waals surface area contributed by atoms with Crippen molar-refractivity contribution in [2.24, 2.45) is 0 Å². The van der Waals surface area contributed by atoms with E-state index in [9.17, 15) is 14.4 Å². The van der Waals surface area contributed by atoms with Crippen LogP contribution in [0.25, 0.3) is 0 Å². The van der Waals surface area contributed by atoms with Gasteiger partial charge >= 0.3 is 0 Å². The number of nitrogens with zero attached hydrogens (tertiary/aromatic N) is 2. The van der Waals surface area contributed by atoms with Crippen LogP contribution in [0.15, 0.2) is 30.3 Å². The van der Waals surface area contributed by atoms with Gasteiger partial charge in [0.15, 0.2) is 0 Å². The molecule has 25 heavy (non-hydrogen) atoms. The van der Waals surface area contributed by atoms with E-state index in [1.807, 2.05) is 35.2 Å². The van der Waals surface area contributed by atoms with Gasteiger partial charge in [-0.1, -0.05) is 42.1 Å².